The van der Waals surface area contributed by atoms with Gasteiger partial charge in [-0.2, -0.15) is 0 Å². The van der Waals surface area contributed by atoms with Crippen molar-refractivity contribution in [1.29, 1.82) is 0 Å². The first-order valence-corrected chi connectivity index (χ1v) is 9.09. The molecule has 2 aromatic heterocycles. The average molecular weight is 373 g/mol. The Morgan fingerprint density at radius 2 is 2.12 bits per heavy atom. The Kier molecular flexibility index (Phi) is 4.52. The fourth-order valence-corrected chi connectivity index (χ4v) is 3.22. The van der Waals surface area contributed by atoms with Crippen molar-refractivity contribution in [1.82, 2.24) is 29.6 Å². The quantitative estimate of drug-likeness (QED) is 0.737. The molecule has 1 atom stereocenters. The monoisotopic (exact) mass is 372 g/mol. The lowest BCUT2D eigenvalue weighted by Crippen LogP contribution is -2.17. The lowest BCUT2D eigenvalue weighted by Gasteiger charge is -2.06. The predicted octanol–water partition coefficient (Wildman–Crippen LogP) is 2.29. The van der Waals surface area contributed by atoms with Crippen LogP contribution in [-0.4, -0.2) is 42.5 Å². The summed E-state index contributed by atoms with van der Waals surface area (Å²) in [5, 5.41) is 18.5. The second-order valence-corrected chi connectivity index (χ2v) is 6.96. The number of aliphatic hydroxyl groups is 1. The number of nitrogens with one attached hydrogen (secondary N) is 1. The lowest BCUT2D eigenvalue weighted by atomic mass is 10.2. The second-order valence-electron chi connectivity index (χ2n) is 6.55. The van der Waals surface area contributed by atoms with Crippen molar-refractivity contribution in [2.24, 2.45) is 0 Å². The zero-order valence-electron chi connectivity index (χ0n) is 14.8. The number of nitrogens with zero attached hydrogens (tertiary/aromatic N) is 5. The smallest absolute Gasteiger partial charge is 0.183 e. The van der Waals surface area contributed by atoms with Crippen molar-refractivity contribution < 1.29 is 5.11 Å². The van der Waals surface area contributed by atoms with E-state index >= 15 is 0 Å². The van der Waals surface area contributed by atoms with Gasteiger partial charge in [0.05, 0.1) is 5.69 Å². The van der Waals surface area contributed by atoms with Crippen molar-refractivity contribution in [2.45, 2.75) is 32.9 Å². The average Bonchev–Trinajstić information content (AvgIpc) is 3.16. The zero-order chi connectivity index (χ0) is 18.3. The molecule has 3 aromatic rings. The molecule has 0 spiro atoms. The normalized spacial score (nSPS) is 15.5. The van der Waals surface area contributed by atoms with Gasteiger partial charge in [-0.3, -0.25) is 0 Å². The minimum absolute atomic E-state index is 0.363. The third kappa shape index (κ3) is 3.13. The molecule has 0 fully saturated rings. The van der Waals surface area contributed by atoms with Gasteiger partial charge in [-0.15, -0.1) is 5.10 Å². The van der Waals surface area contributed by atoms with Gasteiger partial charge in [0, 0.05) is 37.3 Å². The SMILES string of the molecule is Cc1ccc(-n2nc(C(C)O)nc2-c2cn3c(n2)CCNCC3)cc1Cl. The van der Waals surface area contributed by atoms with Crippen molar-refractivity contribution in [2.75, 3.05) is 13.1 Å². The Hall–Kier alpha value is -2.22. The number of rotatable bonds is 3. The van der Waals surface area contributed by atoms with Crippen molar-refractivity contribution in [3.8, 4) is 17.2 Å². The van der Waals surface area contributed by atoms with E-state index < -0.39 is 6.10 Å². The highest BCUT2D eigenvalue weighted by molar-refractivity contribution is 6.31. The molecule has 1 aliphatic heterocycles. The van der Waals surface area contributed by atoms with Gasteiger partial charge in [0.15, 0.2) is 11.6 Å². The van der Waals surface area contributed by atoms with Crippen LogP contribution in [0.3, 0.4) is 0 Å². The third-order valence-corrected chi connectivity index (χ3v) is 4.95. The third-order valence-electron chi connectivity index (χ3n) is 4.54. The van der Waals surface area contributed by atoms with Gasteiger partial charge in [0.1, 0.15) is 17.6 Å². The maximum Gasteiger partial charge on any atom is 0.183 e. The molecule has 7 nitrogen and oxygen atoms in total. The standard InChI is InChI=1S/C18H21ClN6O/c1-11-3-4-13(9-14(11)19)25-18(22-17(23-25)12(2)26)15-10-24-8-7-20-6-5-16(24)21-15/h3-4,9-10,12,20,26H,5-8H2,1-2H3. The summed E-state index contributed by atoms with van der Waals surface area (Å²) in [6.45, 7) is 6.31. The second kappa shape index (κ2) is 6.83. The van der Waals surface area contributed by atoms with Crippen LogP contribution in [0.15, 0.2) is 24.4 Å². The topological polar surface area (TPSA) is 80.8 Å². The molecule has 0 amide bonds. The maximum absolute atomic E-state index is 9.96. The van der Waals surface area contributed by atoms with Crippen LogP contribution in [-0.2, 0) is 13.0 Å². The van der Waals surface area contributed by atoms with Gasteiger partial charge >= 0.3 is 0 Å². The maximum atomic E-state index is 9.96. The first-order chi connectivity index (χ1) is 12.5. The summed E-state index contributed by atoms with van der Waals surface area (Å²) >= 11 is 6.29. The Morgan fingerprint density at radius 3 is 2.88 bits per heavy atom. The van der Waals surface area contributed by atoms with E-state index in [-0.39, 0.29) is 0 Å². The van der Waals surface area contributed by atoms with Gasteiger partial charge in [-0.1, -0.05) is 17.7 Å². The molecule has 1 unspecified atom stereocenters. The first kappa shape index (κ1) is 17.2. The van der Waals surface area contributed by atoms with Gasteiger partial charge in [0.25, 0.3) is 0 Å². The minimum Gasteiger partial charge on any atom is -0.385 e. The number of fused-ring (bicyclic) bond motifs is 1. The van der Waals surface area contributed by atoms with E-state index in [0.29, 0.717) is 16.7 Å². The summed E-state index contributed by atoms with van der Waals surface area (Å²) in [6.07, 6.45) is 2.11. The first-order valence-electron chi connectivity index (χ1n) is 8.71. The van der Waals surface area contributed by atoms with Crippen molar-refractivity contribution in [3.05, 3.63) is 46.6 Å². The Balaban J connectivity index is 1.84. The highest BCUT2D eigenvalue weighted by atomic mass is 35.5. The fourth-order valence-electron chi connectivity index (χ4n) is 3.04. The summed E-state index contributed by atoms with van der Waals surface area (Å²) in [7, 11) is 0. The molecule has 3 heterocycles. The highest BCUT2D eigenvalue weighted by Gasteiger charge is 2.21. The highest BCUT2D eigenvalue weighted by Crippen LogP contribution is 2.26. The summed E-state index contributed by atoms with van der Waals surface area (Å²) in [6, 6.07) is 5.74. The number of hydrogen-bond acceptors (Lipinski definition) is 5. The molecular weight excluding hydrogens is 352 g/mol. The molecule has 2 N–H and O–H groups in total. The van der Waals surface area contributed by atoms with E-state index in [9.17, 15) is 5.11 Å². The van der Waals surface area contributed by atoms with Gasteiger partial charge < -0.3 is 15.0 Å². The van der Waals surface area contributed by atoms with Crippen LogP contribution in [0.2, 0.25) is 5.02 Å². The molecule has 1 aliphatic rings. The molecule has 0 saturated heterocycles. The Morgan fingerprint density at radius 1 is 1.27 bits per heavy atom. The number of aromatic nitrogens is 5. The molecule has 0 aliphatic carbocycles. The van der Waals surface area contributed by atoms with Crippen LogP contribution in [0, 0.1) is 6.92 Å². The molecule has 1 aromatic carbocycles. The van der Waals surface area contributed by atoms with Crippen LogP contribution in [0.1, 0.15) is 30.2 Å². The summed E-state index contributed by atoms with van der Waals surface area (Å²) < 4.78 is 3.85. The molecule has 0 bridgehead atoms. The van der Waals surface area contributed by atoms with E-state index in [2.05, 4.69) is 20.0 Å². The van der Waals surface area contributed by atoms with E-state index in [0.717, 1.165) is 48.8 Å². The molecule has 0 radical (unpaired) electrons. The van der Waals surface area contributed by atoms with Crippen LogP contribution >= 0.6 is 11.6 Å². The largest absolute Gasteiger partial charge is 0.385 e. The molecule has 136 valence electrons. The number of imidazole rings is 1. The van der Waals surface area contributed by atoms with Crippen molar-refractivity contribution >= 4 is 11.6 Å². The lowest BCUT2D eigenvalue weighted by molar-refractivity contribution is 0.189. The van der Waals surface area contributed by atoms with Crippen LogP contribution in [0.5, 0.6) is 0 Å². The van der Waals surface area contributed by atoms with Crippen molar-refractivity contribution in [3.63, 3.8) is 0 Å². The van der Waals surface area contributed by atoms with Crippen LogP contribution < -0.4 is 5.32 Å². The number of aliphatic hydroxyl groups excluding tert-OH is 1. The van der Waals surface area contributed by atoms with E-state index in [4.69, 9.17) is 16.6 Å². The van der Waals surface area contributed by atoms with Gasteiger partial charge in [-0.05, 0) is 31.5 Å². The van der Waals surface area contributed by atoms with Gasteiger partial charge in [0.2, 0.25) is 0 Å². The number of halogens is 1. The van der Waals surface area contributed by atoms with E-state index in [1.165, 1.54) is 0 Å². The molecule has 0 saturated carbocycles. The summed E-state index contributed by atoms with van der Waals surface area (Å²) in [5.74, 6) is 2.00. The number of aryl methyl sites for hydroxylation is 1. The number of hydrogen-bond donors (Lipinski definition) is 2. The molecule has 26 heavy (non-hydrogen) atoms. The van der Waals surface area contributed by atoms with Crippen LogP contribution in [0.25, 0.3) is 17.2 Å². The van der Waals surface area contributed by atoms with Gasteiger partial charge in [-0.25, -0.2) is 14.6 Å². The summed E-state index contributed by atoms with van der Waals surface area (Å²) in [5.41, 5.74) is 2.53. The van der Waals surface area contributed by atoms with E-state index in [1.807, 2.05) is 31.3 Å². The molecular formula is C18H21ClN6O. The number of benzene rings is 1. The van der Waals surface area contributed by atoms with E-state index in [1.54, 1.807) is 11.6 Å². The zero-order valence-corrected chi connectivity index (χ0v) is 15.5. The predicted molar refractivity (Wildman–Crippen MR) is 99.5 cm³/mol. The van der Waals surface area contributed by atoms with Crippen LogP contribution in [0.4, 0.5) is 0 Å². The Bertz CT molecular complexity index is 922. The molecule has 8 heteroatoms. The summed E-state index contributed by atoms with van der Waals surface area (Å²) in [4.78, 5) is 9.31. The Labute approximate surface area is 156 Å². The minimum atomic E-state index is -0.763. The molecule has 4 rings (SSSR count). The fraction of sp³-hybridized carbons (Fsp3) is 0.389.